The van der Waals surface area contributed by atoms with Crippen LogP contribution in [0, 0.1) is 5.92 Å². The van der Waals surface area contributed by atoms with Crippen LogP contribution in [0.4, 0.5) is 0 Å². The molecule has 0 aromatic heterocycles. The molecule has 0 aliphatic carbocycles. The van der Waals surface area contributed by atoms with Crippen LogP contribution >= 0.6 is 0 Å². The summed E-state index contributed by atoms with van der Waals surface area (Å²) in [5, 5.41) is 15.9. The molecule has 0 aromatic rings. The van der Waals surface area contributed by atoms with E-state index in [-0.39, 0.29) is 18.5 Å². The SMILES string of the molecule is CC(C)C(C)NC(=O)CNC(C)(C)C(C)(C)O. The zero-order valence-electron chi connectivity index (χ0n) is 12.2. The molecule has 17 heavy (non-hydrogen) atoms. The largest absolute Gasteiger partial charge is 0.389 e. The highest BCUT2D eigenvalue weighted by Gasteiger charge is 2.34. The summed E-state index contributed by atoms with van der Waals surface area (Å²) in [6.45, 7) is 13.6. The fourth-order valence-electron chi connectivity index (χ4n) is 0.989. The first-order valence-corrected chi connectivity index (χ1v) is 6.24. The number of amides is 1. The lowest BCUT2D eigenvalue weighted by molar-refractivity contribution is -0.122. The van der Waals surface area contributed by atoms with Gasteiger partial charge >= 0.3 is 0 Å². The quantitative estimate of drug-likeness (QED) is 0.660. The van der Waals surface area contributed by atoms with Gasteiger partial charge in [-0.15, -0.1) is 0 Å². The Labute approximate surface area is 105 Å². The van der Waals surface area contributed by atoms with Crippen molar-refractivity contribution in [2.45, 2.75) is 65.6 Å². The summed E-state index contributed by atoms with van der Waals surface area (Å²) >= 11 is 0. The average Bonchev–Trinajstić information content (AvgIpc) is 2.12. The molecule has 0 bridgehead atoms. The molecule has 3 N–H and O–H groups in total. The molecule has 0 fully saturated rings. The van der Waals surface area contributed by atoms with Crippen molar-refractivity contribution in [3.05, 3.63) is 0 Å². The van der Waals surface area contributed by atoms with Crippen molar-refractivity contribution in [2.24, 2.45) is 5.92 Å². The second-order valence-electron chi connectivity index (χ2n) is 6.14. The molecule has 0 aliphatic rings. The highest BCUT2D eigenvalue weighted by Crippen LogP contribution is 2.19. The van der Waals surface area contributed by atoms with Crippen LogP contribution in [0.3, 0.4) is 0 Å². The van der Waals surface area contributed by atoms with Crippen LogP contribution in [0.2, 0.25) is 0 Å². The van der Waals surface area contributed by atoms with Crippen molar-refractivity contribution < 1.29 is 9.90 Å². The molecule has 0 aromatic carbocycles. The number of nitrogens with one attached hydrogen (secondary N) is 2. The maximum absolute atomic E-state index is 11.7. The van der Waals surface area contributed by atoms with Gasteiger partial charge in [-0.25, -0.2) is 0 Å². The number of carbonyl (C=O) groups excluding carboxylic acids is 1. The molecule has 0 saturated carbocycles. The summed E-state index contributed by atoms with van der Waals surface area (Å²) in [6.07, 6.45) is 0. The van der Waals surface area contributed by atoms with Gasteiger partial charge in [-0.2, -0.15) is 0 Å². The predicted octanol–water partition coefficient (Wildman–Crippen LogP) is 1.29. The van der Waals surface area contributed by atoms with Gasteiger partial charge in [-0.05, 0) is 40.5 Å². The first-order valence-electron chi connectivity index (χ1n) is 6.24. The molecule has 4 nitrogen and oxygen atoms in total. The van der Waals surface area contributed by atoms with Crippen LogP contribution < -0.4 is 10.6 Å². The van der Waals surface area contributed by atoms with Gasteiger partial charge in [0, 0.05) is 11.6 Å². The lowest BCUT2D eigenvalue weighted by atomic mass is 9.86. The molecule has 0 heterocycles. The maximum Gasteiger partial charge on any atom is 0.234 e. The van der Waals surface area contributed by atoms with Crippen molar-refractivity contribution >= 4 is 5.91 Å². The van der Waals surface area contributed by atoms with E-state index in [0.29, 0.717) is 5.92 Å². The minimum Gasteiger partial charge on any atom is -0.389 e. The number of hydrogen-bond donors (Lipinski definition) is 3. The van der Waals surface area contributed by atoms with Gasteiger partial charge in [-0.1, -0.05) is 13.8 Å². The van der Waals surface area contributed by atoms with Crippen LogP contribution in [-0.4, -0.2) is 34.7 Å². The number of rotatable bonds is 6. The van der Waals surface area contributed by atoms with E-state index < -0.39 is 11.1 Å². The van der Waals surface area contributed by atoms with Crippen LogP contribution in [0.15, 0.2) is 0 Å². The Morgan fingerprint density at radius 2 is 1.65 bits per heavy atom. The first-order chi connectivity index (χ1) is 7.47. The third-order valence-electron chi connectivity index (χ3n) is 3.61. The standard InChI is InChI=1S/C13H28N2O2/c1-9(2)10(3)15-11(16)8-14-12(4,5)13(6,7)17/h9-10,14,17H,8H2,1-7H3,(H,15,16). The van der Waals surface area contributed by atoms with Gasteiger partial charge < -0.3 is 15.7 Å². The van der Waals surface area contributed by atoms with E-state index in [4.69, 9.17) is 0 Å². The van der Waals surface area contributed by atoms with Gasteiger partial charge in [0.2, 0.25) is 5.91 Å². The summed E-state index contributed by atoms with van der Waals surface area (Å²) < 4.78 is 0. The third-order valence-corrected chi connectivity index (χ3v) is 3.61. The maximum atomic E-state index is 11.7. The van der Waals surface area contributed by atoms with E-state index >= 15 is 0 Å². The minimum atomic E-state index is -0.878. The third kappa shape index (κ3) is 5.50. The fourth-order valence-corrected chi connectivity index (χ4v) is 0.989. The number of aliphatic hydroxyl groups is 1. The van der Waals surface area contributed by atoms with E-state index in [9.17, 15) is 9.90 Å². The second kappa shape index (κ2) is 5.83. The van der Waals surface area contributed by atoms with Gasteiger partial charge in [-0.3, -0.25) is 4.79 Å². The van der Waals surface area contributed by atoms with E-state index in [2.05, 4.69) is 24.5 Å². The number of hydrogen-bond acceptors (Lipinski definition) is 3. The molecular formula is C13H28N2O2. The fraction of sp³-hybridized carbons (Fsp3) is 0.923. The lowest BCUT2D eigenvalue weighted by Gasteiger charge is -2.38. The zero-order valence-corrected chi connectivity index (χ0v) is 12.2. The van der Waals surface area contributed by atoms with Crippen LogP contribution in [0.25, 0.3) is 0 Å². The van der Waals surface area contributed by atoms with Crippen molar-refractivity contribution in [1.82, 2.24) is 10.6 Å². The molecule has 4 heteroatoms. The van der Waals surface area contributed by atoms with Crippen molar-refractivity contribution in [2.75, 3.05) is 6.54 Å². The van der Waals surface area contributed by atoms with Gasteiger partial charge in [0.15, 0.2) is 0 Å². The van der Waals surface area contributed by atoms with Gasteiger partial charge in [0.05, 0.1) is 12.1 Å². The summed E-state index contributed by atoms with van der Waals surface area (Å²) in [6, 6.07) is 0.162. The Hall–Kier alpha value is -0.610. The first kappa shape index (κ1) is 16.4. The molecule has 1 atom stereocenters. The Bertz CT molecular complexity index is 255. The van der Waals surface area contributed by atoms with Crippen LogP contribution in [0.5, 0.6) is 0 Å². The summed E-state index contributed by atoms with van der Waals surface area (Å²) in [4.78, 5) is 11.7. The molecule has 0 rings (SSSR count). The highest BCUT2D eigenvalue weighted by molar-refractivity contribution is 5.78. The smallest absolute Gasteiger partial charge is 0.234 e. The second-order valence-corrected chi connectivity index (χ2v) is 6.14. The average molecular weight is 244 g/mol. The summed E-state index contributed by atoms with van der Waals surface area (Å²) in [5.41, 5.74) is -1.39. The molecule has 0 radical (unpaired) electrons. The monoisotopic (exact) mass is 244 g/mol. The van der Waals surface area contributed by atoms with E-state index in [1.54, 1.807) is 13.8 Å². The molecule has 102 valence electrons. The van der Waals surface area contributed by atoms with E-state index in [1.165, 1.54) is 0 Å². The topological polar surface area (TPSA) is 61.4 Å². The Kier molecular flexibility index (Phi) is 5.62. The van der Waals surface area contributed by atoms with Crippen LogP contribution in [0.1, 0.15) is 48.5 Å². The predicted molar refractivity (Wildman–Crippen MR) is 70.8 cm³/mol. The normalized spacial score (nSPS) is 14.9. The molecule has 1 unspecified atom stereocenters. The van der Waals surface area contributed by atoms with Gasteiger partial charge in [0.1, 0.15) is 0 Å². The minimum absolute atomic E-state index is 0.0384. The molecule has 0 spiro atoms. The van der Waals surface area contributed by atoms with E-state index in [0.717, 1.165) is 0 Å². The zero-order chi connectivity index (χ0) is 13.9. The van der Waals surface area contributed by atoms with E-state index in [1.807, 2.05) is 20.8 Å². The van der Waals surface area contributed by atoms with Gasteiger partial charge in [0.25, 0.3) is 0 Å². The Morgan fingerprint density at radius 1 is 1.18 bits per heavy atom. The van der Waals surface area contributed by atoms with Crippen molar-refractivity contribution in [3.63, 3.8) is 0 Å². The molecule has 0 saturated heterocycles. The molecular weight excluding hydrogens is 216 g/mol. The summed E-state index contributed by atoms with van der Waals surface area (Å²) in [7, 11) is 0. The summed E-state index contributed by atoms with van der Waals surface area (Å²) in [5.74, 6) is 0.379. The Balaban J connectivity index is 4.18. The Morgan fingerprint density at radius 3 is 2.00 bits per heavy atom. The lowest BCUT2D eigenvalue weighted by Crippen LogP contribution is -2.58. The van der Waals surface area contributed by atoms with Crippen molar-refractivity contribution in [3.8, 4) is 0 Å². The molecule has 1 amide bonds. The van der Waals surface area contributed by atoms with Crippen molar-refractivity contribution in [1.29, 1.82) is 0 Å². The van der Waals surface area contributed by atoms with Crippen LogP contribution in [-0.2, 0) is 4.79 Å². The molecule has 0 aliphatic heterocycles. The highest BCUT2D eigenvalue weighted by atomic mass is 16.3. The number of carbonyl (C=O) groups is 1.